The first-order valence-electron chi connectivity index (χ1n) is 6.14. The van der Waals surface area contributed by atoms with E-state index in [1.165, 1.54) is 0 Å². The van der Waals surface area contributed by atoms with Crippen molar-refractivity contribution in [1.29, 1.82) is 0 Å². The minimum absolute atomic E-state index is 0.699. The number of hydrogen-bond acceptors (Lipinski definition) is 3. The highest BCUT2D eigenvalue weighted by atomic mass is 16.5. The lowest BCUT2D eigenvalue weighted by Gasteiger charge is -2.13. The van der Waals surface area contributed by atoms with Crippen LogP contribution in [-0.4, -0.2) is 24.9 Å². The monoisotopic (exact) mass is 246 g/mol. The molecule has 1 aliphatic carbocycles. The molecule has 0 unspecified atom stereocenters. The molecule has 0 heterocycles. The van der Waals surface area contributed by atoms with E-state index in [2.05, 4.69) is 11.8 Å². The van der Waals surface area contributed by atoms with E-state index in [1.54, 1.807) is 14.2 Å². The van der Waals surface area contributed by atoms with Gasteiger partial charge in [-0.2, -0.15) is 0 Å². The molecule has 96 valence electrons. The largest absolute Gasteiger partial charge is 0.497 e. The van der Waals surface area contributed by atoms with Gasteiger partial charge in [-0.1, -0.05) is 11.8 Å². The van der Waals surface area contributed by atoms with Crippen LogP contribution in [0, 0.1) is 11.8 Å². The molecule has 0 radical (unpaired) electrons. The van der Waals surface area contributed by atoms with Crippen molar-refractivity contribution < 1.29 is 14.6 Å². The zero-order valence-corrected chi connectivity index (χ0v) is 10.8. The normalized spacial score (nSPS) is 16.8. The molecule has 1 N–H and O–H groups in total. The molecule has 18 heavy (non-hydrogen) atoms. The zero-order valence-electron chi connectivity index (χ0n) is 10.8. The van der Waals surface area contributed by atoms with Gasteiger partial charge in [0.2, 0.25) is 0 Å². The number of rotatable bonds is 2. The number of benzene rings is 1. The molecular formula is C15H18O3. The summed E-state index contributed by atoms with van der Waals surface area (Å²) in [6.07, 6.45) is 3.60. The van der Waals surface area contributed by atoms with Crippen LogP contribution in [0.15, 0.2) is 18.2 Å². The molecule has 0 aliphatic heterocycles. The first kappa shape index (κ1) is 12.8. The van der Waals surface area contributed by atoms with Crippen molar-refractivity contribution in [2.75, 3.05) is 14.2 Å². The van der Waals surface area contributed by atoms with Gasteiger partial charge in [0.15, 0.2) is 0 Å². The summed E-state index contributed by atoms with van der Waals surface area (Å²) in [6.45, 7) is 0. The van der Waals surface area contributed by atoms with Crippen molar-refractivity contribution >= 4 is 0 Å². The first-order chi connectivity index (χ1) is 8.67. The SMILES string of the molecule is COc1ccc(OC)c(C#CC2(O)CCCC2)c1. The van der Waals surface area contributed by atoms with Crippen molar-refractivity contribution in [3.63, 3.8) is 0 Å². The summed E-state index contributed by atoms with van der Waals surface area (Å²) in [6, 6.07) is 5.47. The minimum Gasteiger partial charge on any atom is -0.497 e. The molecule has 1 aromatic carbocycles. The van der Waals surface area contributed by atoms with Crippen molar-refractivity contribution in [2.24, 2.45) is 0 Å². The Bertz CT molecular complexity index is 476. The van der Waals surface area contributed by atoms with E-state index in [0.29, 0.717) is 5.75 Å². The highest BCUT2D eigenvalue weighted by Crippen LogP contribution is 2.29. The summed E-state index contributed by atoms with van der Waals surface area (Å²) in [5.74, 6) is 7.42. The summed E-state index contributed by atoms with van der Waals surface area (Å²) < 4.78 is 10.4. The third kappa shape index (κ3) is 2.77. The first-order valence-corrected chi connectivity index (χ1v) is 6.14. The van der Waals surface area contributed by atoms with Gasteiger partial charge in [0.05, 0.1) is 19.8 Å². The van der Waals surface area contributed by atoms with Gasteiger partial charge < -0.3 is 14.6 Å². The van der Waals surface area contributed by atoms with Crippen LogP contribution in [0.5, 0.6) is 11.5 Å². The summed E-state index contributed by atoms with van der Waals surface area (Å²) in [5.41, 5.74) is -0.0779. The van der Waals surface area contributed by atoms with E-state index in [1.807, 2.05) is 18.2 Å². The fraction of sp³-hybridized carbons (Fsp3) is 0.467. The Labute approximate surface area is 108 Å². The lowest BCUT2D eigenvalue weighted by molar-refractivity contribution is 0.110. The molecule has 0 saturated heterocycles. The van der Waals surface area contributed by atoms with Crippen LogP contribution in [0.4, 0.5) is 0 Å². The summed E-state index contributed by atoms with van der Waals surface area (Å²) in [4.78, 5) is 0. The third-order valence-corrected chi connectivity index (χ3v) is 3.27. The van der Waals surface area contributed by atoms with Crippen LogP contribution in [0.1, 0.15) is 31.2 Å². The average Bonchev–Trinajstić information content (AvgIpc) is 2.83. The van der Waals surface area contributed by atoms with Gasteiger partial charge in [0.1, 0.15) is 17.1 Å². The third-order valence-electron chi connectivity index (χ3n) is 3.27. The molecule has 3 nitrogen and oxygen atoms in total. The molecule has 1 saturated carbocycles. The Morgan fingerprint density at radius 2 is 1.89 bits per heavy atom. The Hall–Kier alpha value is -1.66. The van der Waals surface area contributed by atoms with Gasteiger partial charge in [-0.05, 0) is 43.9 Å². The van der Waals surface area contributed by atoms with Crippen molar-refractivity contribution in [1.82, 2.24) is 0 Å². The quantitative estimate of drug-likeness (QED) is 0.814. The van der Waals surface area contributed by atoms with Gasteiger partial charge in [0.25, 0.3) is 0 Å². The van der Waals surface area contributed by atoms with Gasteiger partial charge in [0, 0.05) is 0 Å². The lowest BCUT2D eigenvalue weighted by Crippen LogP contribution is -2.20. The van der Waals surface area contributed by atoms with E-state index in [0.717, 1.165) is 37.0 Å². The maximum atomic E-state index is 10.2. The van der Waals surface area contributed by atoms with Gasteiger partial charge in [-0.25, -0.2) is 0 Å². The smallest absolute Gasteiger partial charge is 0.134 e. The molecule has 0 amide bonds. The molecule has 2 rings (SSSR count). The average molecular weight is 246 g/mol. The lowest BCUT2D eigenvalue weighted by atomic mass is 10.0. The standard InChI is InChI=1S/C15H18O3/c1-17-13-5-6-14(18-2)12(11-13)7-10-15(16)8-3-4-9-15/h5-6,11,16H,3-4,8-9H2,1-2H3. The van der Waals surface area contributed by atoms with Crippen LogP contribution >= 0.6 is 0 Å². The predicted octanol–water partition coefficient (Wildman–Crippen LogP) is 2.36. The van der Waals surface area contributed by atoms with Crippen molar-refractivity contribution in [3.8, 4) is 23.3 Å². The highest BCUT2D eigenvalue weighted by molar-refractivity contribution is 5.50. The summed E-state index contributed by atoms with van der Waals surface area (Å²) >= 11 is 0. The Kier molecular flexibility index (Phi) is 3.78. The molecule has 0 aromatic heterocycles. The number of methoxy groups -OCH3 is 2. The van der Waals surface area contributed by atoms with E-state index in [9.17, 15) is 5.11 Å². The molecule has 0 atom stereocenters. The highest BCUT2D eigenvalue weighted by Gasteiger charge is 2.28. The fourth-order valence-corrected chi connectivity index (χ4v) is 2.18. The Balaban J connectivity index is 2.29. The van der Waals surface area contributed by atoms with Gasteiger partial charge in [-0.3, -0.25) is 0 Å². The van der Waals surface area contributed by atoms with Crippen LogP contribution in [-0.2, 0) is 0 Å². The number of ether oxygens (including phenoxy) is 2. The maximum absolute atomic E-state index is 10.2. The summed E-state index contributed by atoms with van der Waals surface area (Å²) in [5, 5.41) is 10.2. The molecule has 0 bridgehead atoms. The molecule has 0 spiro atoms. The van der Waals surface area contributed by atoms with Crippen LogP contribution < -0.4 is 9.47 Å². The Morgan fingerprint density at radius 3 is 2.50 bits per heavy atom. The van der Waals surface area contributed by atoms with E-state index < -0.39 is 5.60 Å². The van der Waals surface area contributed by atoms with Crippen molar-refractivity contribution in [2.45, 2.75) is 31.3 Å². The number of hydrogen-bond donors (Lipinski definition) is 1. The predicted molar refractivity (Wildman–Crippen MR) is 69.8 cm³/mol. The summed E-state index contributed by atoms with van der Waals surface area (Å²) in [7, 11) is 3.22. The van der Waals surface area contributed by atoms with Crippen LogP contribution in [0.3, 0.4) is 0 Å². The molecule has 3 heteroatoms. The second kappa shape index (κ2) is 5.32. The Morgan fingerprint density at radius 1 is 1.17 bits per heavy atom. The van der Waals surface area contributed by atoms with E-state index in [4.69, 9.17) is 9.47 Å². The molecular weight excluding hydrogens is 228 g/mol. The minimum atomic E-state index is -0.825. The second-order valence-corrected chi connectivity index (χ2v) is 4.55. The molecule has 1 aromatic rings. The number of aliphatic hydroxyl groups is 1. The van der Waals surface area contributed by atoms with Gasteiger partial charge in [-0.15, -0.1) is 0 Å². The topological polar surface area (TPSA) is 38.7 Å². The van der Waals surface area contributed by atoms with E-state index >= 15 is 0 Å². The molecule has 1 fully saturated rings. The fourth-order valence-electron chi connectivity index (χ4n) is 2.18. The second-order valence-electron chi connectivity index (χ2n) is 4.55. The van der Waals surface area contributed by atoms with Gasteiger partial charge >= 0.3 is 0 Å². The van der Waals surface area contributed by atoms with Crippen LogP contribution in [0.2, 0.25) is 0 Å². The van der Waals surface area contributed by atoms with Crippen molar-refractivity contribution in [3.05, 3.63) is 23.8 Å². The maximum Gasteiger partial charge on any atom is 0.134 e. The van der Waals surface area contributed by atoms with Crippen LogP contribution in [0.25, 0.3) is 0 Å². The molecule has 1 aliphatic rings. The zero-order chi connectivity index (χ0) is 13.0. The van der Waals surface area contributed by atoms with E-state index in [-0.39, 0.29) is 0 Å².